The molecule has 0 radical (unpaired) electrons. The lowest BCUT2D eigenvalue weighted by molar-refractivity contribution is -0.168. The van der Waals surface area contributed by atoms with Gasteiger partial charge in [0.1, 0.15) is 12.0 Å². The third kappa shape index (κ3) is 6.10. The largest absolute Gasteiger partial charge is 0.460 e. The summed E-state index contributed by atoms with van der Waals surface area (Å²) in [4.78, 5) is 21.8. The standard InChI is InChI=1S/C8H15NO4/c1-8(2,3)13-7(11)5-6(10)9(4)12/h12H,5H2,1-4H3. The van der Waals surface area contributed by atoms with Crippen molar-refractivity contribution < 1.29 is 19.5 Å². The van der Waals surface area contributed by atoms with Gasteiger partial charge in [-0.1, -0.05) is 0 Å². The highest BCUT2D eigenvalue weighted by atomic mass is 16.6. The average Bonchev–Trinajstić information content (AvgIpc) is 1.81. The number of ether oxygens (including phenoxy) is 1. The third-order valence-corrected chi connectivity index (χ3v) is 1.08. The van der Waals surface area contributed by atoms with Gasteiger partial charge in [0, 0.05) is 7.05 Å². The van der Waals surface area contributed by atoms with Gasteiger partial charge in [-0.05, 0) is 20.8 Å². The molecule has 0 atom stereocenters. The number of rotatable bonds is 2. The fraction of sp³-hybridized carbons (Fsp3) is 0.750. The first-order chi connectivity index (χ1) is 5.72. The van der Waals surface area contributed by atoms with E-state index >= 15 is 0 Å². The number of esters is 1. The first kappa shape index (κ1) is 11.9. The molecule has 0 aliphatic rings. The summed E-state index contributed by atoms with van der Waals surface area (Å²) in [5.74, 6) is -1.33. The SMILES string of the molecule is CN(O)C(=O)CC(=O)OC(C)(C)C. The lowest BCUT2D eigenvalue weighted by Crippen LogP contribution is -2.30. The van der Waals surface area contributed by atoms with Gasteiger partial charge in [-0.25, -0.2) is 5.06 Å². The fourth-order valence-electron chi connectivity index (χ4n) is 0.615. The van der Waals surface area contributed by atoms with Crippen molar-refractivity contribution >= 4 is 11.9 Å². The van der Waals surface area contributed by atoms with Crippen LogP contribution in [0.2, 0.25) is 0 Å². The Labute approximate surface area is 77.2 Å². The van der Waals surface area contributed by atoms with Gasteiger partial charge < -0.3 is 4.74 Å². The summed E-state index contributed by atoms with van der Waals surface area (Å²) in [6, 6.07) is 0. The molecule has 0 saturated carbocycles. The Kier molecular flexibility index (Phi) is 3.87. The van der Waals surface area contributed by atoms with Crippen molar-refractivity contribution in [2.45, 2.75) is 32.8 Å². The number of carbonyl (C=O) groups excluding carboxylic acids is 2. The topological polar surface area (TPSA) is 66.8 Å². The van der Waals surface area contributed by atoms with E-state index in [9.17, 15) is 9.59 Å². The van der Waals surface area contributed by atoms with Gasteiger partial charge in [0.15, 0.2) is 0 Å². The monoisotopic (exact) mass is 189 g/mol. The molecule has 0 rings (SSSR count). The predicted octanol–water partition coefficient (Wildman–Crippen LogP) is 0.566. The van der Waals surface area contributed by atoms with E-state index in [0.717, 1.165) is 7.05 Å². The number of hydrogen-bond acceptors (Lipinski definition) is 4. The maximum Gasteiger partial charge on any atom is 0.315 e. The normalized spacial score (nSPS) is 10.8. The van der Waals surface area contributed by atoms with Gasteiger partial charge in [-0.2, -0.15) is 0 Å². The lowest BCUT2D eigenvalue weighted by Gasteiger charge is -2.19. The minimum absolute atomic E-state index is 0.365. The number of amides is 1. The van der Waals surface area contributed by atoms with E-state index in [1.807, 2.05) is 0 Å². The Bertz CT molecular complexity index is 205. The van der Waals surface area contributed by atoms with Gasteiger partial charge in [0.05, 0.1) is 0 Å². The zero-order chi connectivity index (χ0) is 10.6. The quantitative estimate of drug-likeness (QED) is 0.298. The summed E-state index contributed by atoms with van der Waals surface area (Å²) in [5, 5.41) is 9.01. The van der Waals surface area contributed by atoms with E-state index in [-0.39, 0.29) is 0 Å². The number of hydroxylamine groups is 2. The molecule has 5 heteroatoms. The maximum atomic E-state index is 11.0. The highest BCUT2D eigenvalue weighted by Crippen LogP contribution is 2.08. The van der Waals surface area contributed by atoms with Gasteiger partial charge in [0.2, 0.25) is 0 Å². The van der Waals surface area contributed by atoms with Crippen LogP contribution < -0.4 is 0 Å². The summed E-state index contributed by atoms with van der Waals surface area (Å²) >= 11 is 0. The first-order valence-electron chi connectivity index (χ1n) is 3.89. The molecule has 0 fully saturated rings. The molecule has 5 nitrogen and oxygen atoms in total. The van der Waals surface area contributed by atoms with Crippen LogP contribution in [0.3, 0.4) is 0 Å². The molecule has 0 heterocycles. The van der Waals surface area contributed by atoms with Crippen LogP contribution in [-0.4, -0.2) is 34.8 Å². The van der Waals surface area contributed by atoms with Crippen molar-refractivity contribution in [1.82, 2.24) is 5.06 Å². The summed E-state index contributed by atoms with van der Waals surface area (Å²) in [5.41, 5.74) is -0.606. The minimum Gasteiger partial charge on any atom is -0.460 e. The van der Waals surface area contributed by atoms with E-state index < -0.39 is 23.9 Å². The molecular formula is C8H15NO4. The molecule has 1 N–H and O–H groups in total. The van der Waals surface area contributed by atoms with Gasteiger partial charge >= 0.3 is 5.97 Å². The molecule has 0 aliphatic carbocycles. The fourth-order valence-corrected chi connectivity index (χ4v) is 0.615. The van der Waals surface area contributed by atoms with Gasteiger partial charge in [0.25, 0.3) is 5.91 Å². The molecule has 0 aliphatic heterocycles. The Morgan fingerprint density at radius 3 is 2.15 bits per heavy atom. The molecule has 0 spiro atoms. The maximum absolute atomic E-state index is 11.0. The van der Waals surface area contributed by atoms with E-state index in [1.165, 1.54) is 0 Å². The Morgan fingerprint density at radius 1 is 1.38 bits per heavy atom. The van der Waals surface area contributed by atoms with Crippen molar-refractivity contribution in [1.29, 1.82) is 0 Å². The van der Waals surface area contributed by atoms with Crippen LogP contribution in [0.1, 0.15) is 27.2 Å². The first-order valence-corrected chi connectivity index (χ1v) is 3.89. The van der Waals surface area contributed by atoms with Crippen molar-refractivity contribution in [3.05, 3.63) is 0 Å². The predicted molar refractivity (Wildman–Crippen MR) is 45.0 cm³/mol. The molecule has 0 aromatic heterocycles. The second-order valence-electron chi connectivity index (χ2n) is 3.68. The summed E-state index contributed by atoms with van der Waals surface area (Å²) < 4.78 is 4.86. The second-order valence-corrected chi connectivity index (χ2v) is 3.68. The van der Waals surface area contributed by atoms with Crippen molar-refractivity contribution in [2.75, 3.05) is 7.05 Å². The van der Waals surface area contributed by atoms with Crippen molar-refractivity contribution in [3.8, 4) is 0 Å². The Hall–Kier alpha value is -1.10. The molecule has 1 amide bonds. The molecule has 13 heavy (non-hydrogen) atoms. The van der Waals surface area contributed by atoms with E-state index in [0.29, 0.717) is 5.06 Å². The van der Waals surface area contributed by atoms with Crippen molar-refractivity contribution in [2.24, 2.45) is 0 Å². The second kappa shape index (κ2) is 4.23. The third-order valence-electron chi connectivity index (χ3n) is 1.08. The highest BCUT2D eigenvalue weighted by molar-refractivity contribution is 5.93. The molecule has 76 valence electrons. The Balaban J connectivity index is 3.96. The minimum atomic E-state index is -0.686. The van der Waals surface area contributed by atoms with Crippen LogP contribution in [-0.2, 0) is 14.3 Å². The number of nitrogens with zero attached hydrogens (tertiary/aromatic N) is 1. The van der Waals surface area contributed by atoms with E-state index in [2.05, 4.69) is 0 Å². The lowest BCUT2D eigenvalue weighted by atomic mass is 10.2. The zero-order valence-electron chi connectivity index (χ0n) is 8.33. The number of carbonyl (C=O) groups is 2. The molecule has 0 bridgehead atoms. The van der Waals surface area contributed by atoms with Crippen LogP contribution in [0.4, 0.5) is 0 Å². The van der Waals surface area contributed by atoms with Crippen LogP contribution in [0.15, 0.2) is 0 Å². The number of hydrogen-bond donors (Lipinski definition) is 1. The van der Waals surface area contributed by atoms with Crippen molar-refractivity contribution in [3.63, 3.8) is 0 Å². The summed E-state index contributed by atoms with van der Waals surface area (Å²) in [7, 11) is 1.16. The molecule has 0 unspecified atom stereocenters. The van der Waals surface area contributed by atoms with Crippen LogP contribution in [0, 0.1) is 0 Å². The van der Waals surface area contributed by atoms with Gasteiger partial charge in [-0.3, -0.25) is 14.8 Å². The molecular weight excluding hydrogens is 174 g/mol. The van der Waals surface area contributed by atoms with Gasteiger partial charge in [-0.15, -0.1) is 0 Å². The molecule has 0 aromatic carbocycles. The zero-order valence-corrected chi connectivity index (χ0v) is 8.33. The summed E-state index contributed by atoms with van der Waals surface area (Å²) in [6.07, 6.45) is -0.440. The van der Waals surface area contributed by atoms with E-state index in [4.69, 9.17) is 9.94 Å². The summed E-state index contributed by atoms with van der Waals surface area (Å²) in [6.45, 7) is 5.12. The smallest absolute Gasteiger partial charge is 0.315 e. The van der Waals surface area contributed by atoms with E-state index in [1.54, 1.807) is 20.8 Å². The molecule has 0 aromatic rings. The Morgan fingerprint density at radius 2 is 1.85 bits per heavy atom. The average molecular weight is 189 g/mol. The van der Waals surface area contributed by atoms with Crippen LogP contribution in [0.25, 0.3) is 0 Å². The van der Waals surface area contributed by atoms with Crippen LogP contribution >= 0.6 is 0 Å². The molecule has 0 saturated heterocycles. The highest BCUT2D eigenvalue weighted by Gasteiger charge is 2.19. The van der Waals surface area contributed by atoms with Crippen LogP contribution in [0.5, 0.6) is 0 Å².